The minimum absolute atomic E-state index is 0.0253. The molecule has 0 spiro atoms. The molecule has 0 aromatic heterocycles. The number of nitrogens with one attached hydrogen (secondary N) is 1. The van der Waals surface area contributed by atoms with E-state index in [1.54, 1.807) is 0 Å². The molecule has 2 aliphatic heterocycles. The number of cyclic esters (lactones) is 1. The predicted octanol–water partition coefficient (Wildman–Crippen LogP) is 3.28. The number of halogens is 4. The van der Waals surface area contributed by atoms with Gasteiger partial charge in [-0.3, -0.25) is 18.7 Å². The number of sulfonamides is 1. The van der Waals surface area contributed by atoms with Gasteiger partial charge in [-0.05, 0) is 61.2 Å². The molecule has 41 heavy (non-hydrogen) atoms. The number of hydrogen-bond acceptors (Lipinski definition) is 7. The number of hydrogen-bond donors (Lipinski definition) is 2. The highest BCUT2D eigenvalue weighted by molar-refractivity contribution is 7.92. The van der Waals surface area contributed by atoms with E-state index in [1.807, 2.05) is 0 Å². The van der Waals surface area contributed by atoms with Gasteiger partial charge in [0, 0.05) is 19.3 Å². The Labute approximate surface area is 233 Å². The zero-order valence-corrected chi connectivity index (χ0v) is 22.7. The zero-order valence-electron chi connectivity index (χ0n) is 21.9. The lowest BCUT2D eigenvalue weighted by atomic mass is 9.88. The van der Waals surface area contributed by atoms with E-state index < -0.39 is 62.9 Å². The van der Waals surface area contributed by atoms with Crippen molar-refractivity contribution >= 4 is 33.4 Å². The van der Waals surface area contributed by atoms with E-state index >= 15 is 0 Å². The number of carbonyl (C=O) groups excluding carboxylic acids is 3. The summed E-state index contributed by atoms with van der Waals surface area (Å²) in [6.07, 6.45) is -5.50. The molecule has 1 amide bonds. The fourth-order valence-electron chi connectivity index (χ4n) is 4.86. The highest BCUT2D eigenvalue weighted by Gasteiger charge is 2.51. The van der Waals surface area contributed by atoms with Crippen LogP contribution in [-0.2, 0) is 41.2 Å². The third-order valence-electron chi connectivity index (χ3n) is 7.20. The smallest absolute Gasteiger partial charge is 0.421 e. The normalized spacial score (nSPS) is 20.6. The van der Waals surface area contributed by atoms with Crippen molar-refractivity contribution in [3.8, 4) is 0 Å². The summed E-state index contributed by atoms with van der Waals surface area (Å²) in [5.41, 5.74) is -3.41. The second-order valence-electron chi connectivity index (χ2n) is 10.3. The minimum atomic E-state index is -4.99. The molecule has 0 radical (unpaired) electrons. The van der Waals surface area contributed by atoms with Crippen LogP contribution in [0.5, 0.6) is 0 Å². The molecule has 9 nitrogen and oxygen atoms in total. The van der Waals surface area contributed by atoms with E-state index in [4.69, 9.17) is 4.74 Å². The van der Waals surface area contributed by atoms with Crippen molar-refractivity contribution in [2.75, 3.05) is 10.9 Å². The van der Waals surface area contributed by atoms with Crippen molar-refractivity contribution in [3.05, 3.63) is 59.4 Å². The van der Waals surface area contributed by atoms with Crippen LogP contribution in [0.1, 0.15) is 50.2 Å². The van der Waals surface area contributed by atoms with Crippen LogP contribution >= 0.6 is 0 Å². The van der Waals surface area contributed by atoms with Gasteiger partial charge in [0.1, 0.15) is 18.2 Å². The number of rotatable bonds is 9. The van der Waals surface area contributed by atoms with E-state index in [9.17, 15) is 45.5 Å². The number of carbonyl (C=O) groups is 3. The Morgan fingerprint density at radius 1 is 1.12 bits per heavy atom. The van der Waals surface area contributed by atoms with E-state index in [1.165, 1.54) is 0 Å². The number of esters is 1. The van der Waals surface area contributed by atoms with Crippen LogP contribution in [0, 0.1) is 5.82 Å². The standard InChI is InChI=1S/C27H28F4N2O7S/c1-26(37,27(29,30)31)17-3-10-23-16(12-17)2-6-20(33(23)41(38,39)22-8-4-18(28)5-9-22)14-21(34)7-11-24(35)32-19-13-25(36)40-15-19/h3-5,8-10,12,19-20,37H,2,6-7,11,13-15H2,1H3,(H,32,35)/t19-,20-,26?/m0/s1. The molecule has 2 heterocycles. The topological polar surface area (TPSA) is 130 Å². The first-order valence-electron chi connectivity index (χ1n) is 12.8. The molecule has 2 aromatic rings. The fraction of sp³-hybridized carbons (Fsp3) is 0.444. The fourth-order valence-corrected chi connectivity index (χ4v) is 6.57. The maximum Gasteiger partial charge on any atom is 0.421 e. The van der Waals surface area contributed by atoms with Crippen molar-refractivity contribution in [2.24, 2.45) is 0 Å². The number of ketones is 1. The molecule has 1 unspecified atom stereocenters. The Hall–Kier alpha value is -3.52. The Balaban J connectivity index is 1.59. The van der Waals surface area contributed by atoms with Gasteiger partial charge in [0.15, 0.2) is 5.60 Å². The summed E-state index contributed by atoms with van der Waals surface area (Å²) in [7, 11) is -4.41. The number of amides is 1. The lowest BCUT2D eigenvalue weighted by molar-refractivity contribution is -0.258. The number of Topliss-reactive ketones (excluding diaryl/α,β-unsaturated/α-hetero) is 1. The first-order chi connectivity index (χ1) is 19.1. The first kappa shape index (κ1) is 30.4. The number of aliphatic hydroxyl groups is 1. The van der Waals surface area contributed by atoms with Crippen molar-refractivity contribution in [1.29, 1.82) is 0 Å². The number of fused-ring (bicyclic) bond motifs is 1. The van der Waals surface area contributed by atoms with Gasteiger partial charge in [0.25, 0.3) is 10.0 Å². The minimum Gasteiger partial charge on any atom is -0.463 e. The average molecular weight is 601 g/mol. The van der Waals surface area contributed by atoms with Crippen LogP contribution in [0.15, 0.2) is 47.4 Å². The van der Waals surface area contributed by atoms with Crippen molar-refractivity contribution in [2.45, 2.75) is 74.2 Å². The summed E-state index contributed by atoms with van der Waals surface area (Å²) in [5, 5.41) is 12.7. The summed E-state index contributed by atoms with van der Waals surface area (Å²) < 4.78 is 87.1. The van der Waals surface area contributed by atoms with Gasteiger partial charge < -0.3 is 15.2 Å². The molecule has 2 N–H and O–H groups in total. The van der Waals surface area contributed by atoms with Crippen LogP contribution < -0.4 is 9.62 Å². The molecule has 14 heteroatoms. The monoisotopic (exact) mass is 600 g/mol. The largest absolute Gasteiger partial charge is 0.463 e. The molecule has 3 atom stereocenters. The lowest BCUT2D eigenvalue weighted by Gasteiger charge is -2.38. The summed E-state index contributed by atoms with van der Waals surface area (Å²) in [4.78, 5) is 36.0. The van der Waals surface area contributed by atoms with Crippen LogP contribution in [0.3, 0.4) is 0 Å². The SMILES string of the molecule is CC(O)(c1ccc2c(c1)CC[C@@H](CC(=O)CCC(=O)N[C@@H]1COC(=O)C1)N2S(=O)(=O)c1ccc(F)cc1)C(F)(F)F. The number of ether oxygens (including phenoxy) is 1. The summed E-state index contributed by atoms with van der Waals surface area (Å²) in [6, 6.07) is 5.78. The highest BCUT2D eigenvalue weighted by atomic mass is 32.2. The van der Waals surface area contributed by atoms with E-state index in [-0.39, 0.29) is 61.3 Å². The molecule has 0 bridgehead atoms. The molecule has 0 saturated carbocycles. The van der Waals surface area contributed by atoms with Gasteiger partial charge in [0.2, 0.25) is 5.91 Å². The number of alkyl halides is 3. The van der Waals surface area contributed by atoms with E-state index in [0.29, 0.717) is 6.92 Å². The Morgan fingerprint density at radius 3 is 2.41 bits per heavy atom. The lowest BCUT2D eigenvalue weighted by Crippen LogP contribution is -2.45. The molecule has 1 saturated heterocycles. The Morgan fingerprint density at radius 2 is 1.80 bits per heavy atom. The van der Waals surface area contributed by atoms with Crippen LogP contribution in [0.2, 0.25) is 0 Å². The van der Waals surface area contributed by atoms with Crippen LogP contribution in [0.4, 0.5) is 23.2 Å². The zero-order chi connectivity index (χ0) is 30.2. The third kappa shape index (κ3) is 6.53. The van der Waals surface area contributed by atoms with Gasteiger partial charge in [-0.1, -0.05) is 12.1 Å². The molecule has 222 valence electrons. The van der Waals surface area contributed by atoms with Gasteiger partial charge in [-0.2, -0.15) is 13.2 Å². The summed E-state index contributed by atoms with van der Waals surface area (Å²) >= 11 is 0. The van der Waals surface area contributed by atoms with Crippen molar-refractivity contribution in [3.63, 3.8) is 0 Å². The molecule has 2 aliphatic rings. The number of benzene rings is 2. The van der Waals surface area contributed by atoms with E-state index in [0.717, 1.165) is 46.8 Å². The molecule has 1 fully saturated rings. The summed E-state index contributed by atoms with van der Waals surface area (Å²) in [5.74, 6) is -2.03. The predicted molar refractivity (Wildman–Crippen MR) is 137 cm³/mol. The second-order valence-corrected chi connectivity index (χ2v) is 12.1. The third-order valence-corrected chi connectivity index (χ3v) is 9.08. The number of nitrogens with zero attached hydrogens (tertiary/aromatic N) is 1. The molecule has 0 aliphatic carbocycles. The second kappa shape index (κ2) is 11.4. The van der Waals surface area contributed by atoms with Crippen LogP contribution in [-0.4, -0.2) is 56.1 Å². The highest BCUT2D eigenvalue weighted by Crippen LogP contribution is 2.43. The Bertz CT molecular complexity index is 1440. The van der Waals surface area contributed by atoms with E-state index in [2.05, 4.69) is 5.32 Å². The van der Waals surface area contributed by atoms with Crippen molar-refractivity contribution in [1.82, 2.24) is 5.32 Å². The van der Waals surface area contributed by atoms with Gasteiger partial charge in [0.05, 0.1) is 29.1 Å². The molecule has 2 aromatic carbocycles. The molecule has 4 rings (SSSR count). The Kier molecular flexibility index (Phi) is 8.46. The molecular weight excluding hydrogens is 572 g/mol. The maximum atomic E-state index is 13.7. The van der Waals surface area contributed by atoms with Gasteiger partial charge >= 0.3 is 12.1 Å². The average Bonchev–Trinajstić information content (AvgIpc) is 3.30. The van der Waals surface area contributed by atoms with Gasteiger partial charge in [-0.15, -0.1) is 0 Å². The van der Waals surface area contributed by atoms with Gasteiger partial charge in [-0.25, -0.2) is 12.8 Å². The quantitative estimate of drug-likeness (QED) is 0.334. The molecular formula is C27H28F4N2O7S. The van der Waals surface area contributed by atoms with Crippen LogP contribution in [0.25, 0.3) is 0 Å². The first-order valence-corrected chi connectivity index (χ1v) is 14.2. The number of anilines is 1. The number of aryl methyl sites for hydroxylation is 1. The van der Waals surface area contributed by atoms with Crippen molar-refractivity contribution < 1.29 is 50.2 Å². The summed E-state index contributed by atoms with van der Waals surface area (Å²) in [6.45, 7) is 0.635. The maximum absolute atomic E-state index is 13.7.